The van der Waals surface area contributed by atoms with Gasteiger partial charge in [-0.2, -0.15) is 0 Å². The van der Waals surface area contributed by atoms with Crippen LogP contribution in [0.15, 0.2) is 5.11 Å². The molecule has 0 aromatic rings. The number of methoxy groups -OCH3 is 2. The van der Waals surface area contributed by atoms with Gasteiger partial charge in [0.1, 0.15) is 0 Å². The van der Waals surface area contributed by atoms with Gasteiger partial charge in [-0.25, -0.2) is 0 Å². The first-order valence-corrected chi connectivity index (χ1v) is 4.75. The molecule has 0 saturated carbocycles. The second kappa shape index (κ2) is 7.23. The van der Waals surface area contributed by atoms with Crippen LogP contribution in [0, 0.1) is 0 Å². The fraction of sp³-hybridized carbons (Fsp3) is 0.889. The Morgan fingerprint density at radius 1 is 1.40 bits per heavy atom. The van der Waals surface area contributed by atoms with E-state index in [2.05, 4.69) is 10.0 Å². The molecule has 0 amide bonds. The van der Waals surface area contributed by atoms with Crippen molar-refractivity contribution in [2.75, 3.05) is 20.8 Å². The van der Waals surface area contributed by atoms with Crippen molar-refractivity contribution in [3.05, 3.63) is 10.4 Å². The molecule has 0 radical (unpaired) electrons. The van der Waals surface area contributed by atoms with E-state index in [4.69, 9.17) is 15.0 Å². The summed E-state index contributed by atoms with van der Waals surface area (Å²) in [5, 5.41) is 3.38. The van der Waals surface area contributed by atoms with Gasteiger partial charge >= 0.3 is 0 Å². The zero-order valence-electron chi connectivity index (χ0n) is 9.39. The highest BCUT2D eigenvalue weighted by Crippen LogP contribution is 2.15. The molecule has 0 aliphatic rings. The van der Waals surface area contributed by atoms with Gasteiger partial charge in [-0.15, -0.1) is 0 Å². The summed E-state index contributed by atoms with van der Waals surface area (Å²) in [5.41, 5.74) is 8.03. The van der Waals surface area contributed by atoms with Gasteiger partial charge in [0.25, 0.3) is 0 Å². The molecule has 0 rings (SSSR count). The number of hydrogen-bond acceptors (Lipinski definition) is 4. The number of ether oxygens (including phenoxy) is 2. The molecule has 0 saturated heterocycles. The third-order valence-electron chi connectivity index (χ3n) is 2.26. The summed E-state index contributed by atoms with van der Waals surface area (Å²) >= 11 is 0. The quantitative estimate of drug-likeness (QED) is 0.204. The Hall–Kier alpha value is -1.10. The highest BCUT2D eigenvalue weighted by Gasteiger charge is 2.31. The molecule has 0 unspecified atom stereocenters. The van der Waals surface area contributed by atoms with Crippen molar-refractivity contribution >= 4 is 5.78 Å². The first kappa shape index (κ1) is 13.9. The van der Waals surface area contributed by atoms with Gasteiger partial charge in [0.05, 0.1) is 0 Å². The standard InChI is InChI=1S/C9H17N3O3/c1-9(14-2,15-3)8(13)6-4-5-7-11-12-10/h4-7H2,1-3H3. The molecule has 0 N–H and O–H groups in total. The van der Waals surface area contributed by atoms with Crippen molar-refractivity contribution in [2.45, 2.75) is 32.0 Å². The summed E-state index contributed by atoms with van der Waals surface area (Å²) in [6, 6.07) is 0. The minimum atomic E-state index is -1.15. The predicted molar refractivity (Wildman–Crippen MR) is 55.3 cm³/mol. The van der Waals surface area contributed by atoms with E-state index in [1.807, 2.05) is 0 Å². The largest absolute Gasteiger partial charge is 0.347 e. The lowest BCUT2D eigenvalue weighted by Gasteiger charge is -2.24. The number of azide groups is 1. The van der Waals surface area contributed by atoms with Crippen LogP contribution in [0.1, 0.15) is 26.2 Å². The Balaban J connectivity index is 3.87. The summed E-state index contributed by atoms with van der Waals surface area (Å²) in [6.45, 7) is 2.00. The molecule has 0 atom stereocenters. The number of carbonyl (C=O) groups excluding carboxylic acids is 1. The van der Waals surface area contributed by atoms with Crippen LogP contribution >= 0.6 is 0 Å². The molecule has 0 bridgehead atoms. The van der Waals surface area contributed by atoms with Crippen LogP contribution < -0.4 is 0 Å². The van der Waals surface area contributed by atoms with E-state index in [9.17, 15) is 4.79 Å². The summed E-state index contributed by atoms with van der Waals surface area (Å²) in [6.07, 6.45) is 1.72. The molecule has 0 heterocycles. The first-order valence-electron chi connectivity index (χ1n) is 4.75. The lowest BCUT2D eigenvalue weighted by atomic mass is 10.1. The lowest BCUT2D eigenvalue weighted by Crippen LogP contribution is -2.39. The minimum absolute atomic E-state index is 0.103. The number of nitrogens with zero attached hydrogens (tertiary/aromatic N) is 3. The Morgan fingerprint density at radius 2 is 2.00 bits per heavy atom. The van der Waals surface area contributed by atoms with Crippen LogP contribution in [-0.4, -0.2) is 32.3 Å². The van der Waals surface area contributed by atoms with Crippen LogP contribution in [0.3, 0.4) is 0 Å². The molecule has 0 aromatic heterocycles. The first-order chi connectivity index (χ1) is 7.10. The van der Waals surface area contributed by atoms with Gasteiger partial charge < -0.3 is 9.47 Å². The van der Waals surface area contributed by atoms with E-state index in [0.29, 0.717) is 25.8 Å². The molecule has 0 fully saturated rings. The maximum atomic E-state index is 11.6. The minimum Gasteiger partial charge on any atom is -0.347 e. The van der Waals surface area contributed by atoms with Crippen LogP contribution in [0.2, 0.25) is 0 Å². The van der Waals surface area contributed by atoms with Gasteiger partial charge in [-0.3, -0.25) is 4.79 Å². The molecule has 6 nitrogen and oxygen atoms in total. The second-order valence-electron chi connectivity index (χ2n) is 3.19. The molecule has 0 aromatic carbocycles. The smallest absolute Gasteiger partial charge is 0.225 e. The monoisotopic (exact) mass is 215 g/mol. The normalized spacial score (nSPS) is 10.9. The number of ketones is 1. The number of unbranched alkanes of at least 4 members (excludes halogenated alkanes) is 1. The van der Waals surface area contributed by atoms with Gasteiger partial charge in [-0.1, -0.05) is 5.11 Å². The molecular formula is C9H17N3O3. The van der Waals surface area contributed by atoms with Crippen LogP contribution in [0.4, 0.5) is 0 Å². The fourth-order valence-electron chi connectivity index (χ4n) is 1.05. The molecule has 0 aliphatic carbocycles. The van der Waals surface area contributed by atoms with Crippen LogP contribution in [0.25, 0.3) is 10.4 Å². The number of hydrogen-bond donors (Lipinski definition) is 0. The zero-order valence-corrected chi connectivity index (χ0v) is 9.39. The van der Waals surface area contributed by atoms with E-state index in [1.54, 1.807) is 6.92 Å². The molecule has 0 aliphatic heterocycles. The van der Waals surface area contributed by atoms with Crippen LogP contribution in [0.5, 0.6) is 0 Å². The average molecular weight is 215 g/mol. The molecule has 15 heavy (non-hydrogen) atoms. The summed E-state index contributed by atoms with van der Waals surface area (Å²) in [5.74, 6) is -1.26. The average Bonchev–Trinajstić information content (AvgIpc) is 2.27. The number of rotatable bonds is 8. The summed E-state index contributed by atoms with van der Waals surface area (Å²) < 4.78 is 9.95. The fourth-order valence-corrected chi connectivity index (χ4v) is 1.05. The Morgan fingerprint density at radius 3 is 2.47 bits per heavy atom. The Bertz CT molecular complexity index is 245. The van der Waals surface area contributed by atoms with Crippen molar-refractivity contribution in [3.63, 3.8) is 0 Å². The molecule has 6 heteroatoms. The van der Waals surface area contributed by atoms with Gasteiger partial charge in [-0.05, 0) is 25.3 Å². The van der Waals surface area contributed by atoms with Gasteiger partial charge in [0.2, 0.25) is 5.79 Å². The maximum absolute atomic E-state index is 11.6. The third-order valence-corrected chi connectivity index (χ3v) is 2.26. The third kappa shape index (κ3) is 4.78. The predicted octanol–water partition coefficient (Wildman–Crippen LogP) is 2.05. The topological polar surface area (TPSA) is 84.3 Å². The van der Waals surface area contributed by atoms with Crippen molar-refractivity contribution in [1.29, 1.82) is 0 Å². The van der Waals surface area contributed by atoms with Gasteiger partial charge in [0.15, 0.2) is 5.78 Å². The van der Waals surface area contributed by atoms with E-state index in [1.165, 1.54) is 14.2 Å². The van der Waals surface area contributed by atoms with Crippen molar-refractivity contribution in [2.24, 2.45) is 5.11 Å². The van der Waals surface area contributed by atoms with E-state index >= 15 is 0 Å². The number of carbonyl (C=O) groups is 1. The number of Topliss-reactive ketones (excluding diaryl/α,β-unsaturated/α-hetero) is 1. The van der Waals surface area contributed by atoms with E-state index < -0.39 is 5.79 Å². The second-order valence-corrected chi connectivity index (χ2v) is 3.19. The van der Waals surface area contributed by atoms with Gasteiger partial charge in [0, 0.05) is 32.1 Å². The SMILES string of the molecule is COC(C)(OC)C(=O)CCCCN=[N+]=[N-]. The van der Waals surface area contributed by atoms with Crippen LogP contribution in [-0.2, 0) is 14.3 Å². The maximum Gasteiger partial charge on any atom is 0.225 e. The van der Waals surface area contributed by atoms with Crippen molar-refractivity contribution < 1.29 is 14.3 Å². The summed E-state index contributed by atoms with van der Waals surface area (Å²) in [4.78, 5) is 14.2. The van der Waals surface area contributed by atoms with Crippen molar-refractivity contribution in [3.8, 4) is 0 Å². The van der Waals surface area contributed by atoms with E-state index in [-0.39, 0.29) is 5.78 Å². The molecule has 0 spiro atoms. The molecular weight excluding hydrogens is 198 g/mol. The summed E-state index contributed by atoms with van der Waals surface area (Å²) in [7, 11) is 2.86. The highest BCUT2D eigenvalue weighted by atomic mass is 16.7. The molecule has 86 valence electrons. The highest BCUT2D eigenvalue weighted by molar-refractivity contribution is 5.85. The van der Waals surface area contributed by atoms with Crippen molar-refractivity contribution in [1.82, 2.24) is 0 Å². The lowest BCUT2D eigenvalue weighted by molar-refractivity contribution is -0.199. The Labute approximate surface area is 89.2 Å². The van der Waals surface area contributed by atoms with E-state index in [0.717, 1.165) is 0 Å². The Kier molecular flexibility index (Phi) is 6.70. The zero-order chi connectivity index (χ0) is 11.7.